The summed E-state index contributed by atoms with van der Waals surface area (Å²) >= 11 is 1.58. The lowest BCUT2D eigenvalue weighted by molar-refractivity contribution is -0.150. The summed E-state index contributed by atoms with van der Waals surface area (Å²) in [5.41, 5.74) is -0.235. The maximum absolute atomic E-state index is 9.29. The Hall–Kier alpha value is -0.760. The minimum atomic E-state index is -0.235. The third kappa shape index (κ3) is 4.10. The summed E-state index contributed by atoms with van der Waals surface area (Å²) in [5, 5.41) is 22.6. The van der Waals surface area contributed by atoms with Crippen molar-refractivity contribution in [1.82, 2.24) is 15.1 Å². The van der Waals surface area contributed by atoms with Gasteiger partial charge in [-0.25, -0.2) is 0 Å². The van der Waals surface area contributed by atoms with Crippen molar-refractivity contribution >= 4 is 16.5 Å². The molecule has 0 spiro atoms. The summed E-state index contributed by atoms with van der Waals surface area (Å²) in [6, 6.07) is 0. The van der Waals surface area contributed by atoms with Crippen LogP contribution in [0.2, 0.25) is 0 Å². The van der Waals surface area contributed by atoms with Crippen molar-refractivity contribution in [3.05, 3.63) is 5.01 Å². The van der Waals surface area contributed by atoms with Crippen LogP contribution in [-0.2, 0) is 11.3 Å². The summed E-state index contributed by atoms with van der Waals surface area (Å²) in [4.78, 5) is 2.26. The third-order valence-electron chi connectivity index (χ3n) is 2.91. The first-order valence-electron chi connectivity index (χ1n) is 6.59. The van der Waals surface area contributed by atoms with Gasteiger partial charge >= 0.3 is 0 Å². The summed E-state index contributed by atoms with van der Waals surface area (Å²) in [6.45, 7) is 9.36. The molecule has 1 aromatic heterocycles. The third-order valence-corrected chi connectivity index (χ3v) is 3.77. The average Bonchev–Trinajstić information content (AvgIpc) is 2.75. The van der Waals surface area contributed by atoms with E-state index in [1.54, 1.807) is 11.3 Å². The van der Waals surface area contributed by atoms with Gasteiger partial charge in [-0.05, 0) is 20.8 Å². The number of rotatable bonds is 5. The molecule has 0 aromatic carbocycles. The zero-order chi connectivity index (χ0) is 13.9. The highest BCUT2D eigenvalue weighted by atomic mass is 32.1. The summed E-state index contributed by atoms with van der Waals surface area (Å²) in [7, 11) is 0. The summed E-state index contributed by atoms with van der Waals surface area (Å²) in [6.07, 6.45) is -0.120. The predicted molar refractivity (Wildman–Crippen MR) is 75.4 cm³/mol. The molecule has 0 saturated carbocycles. The Morgan fingerprint density at radius 2 is 2.32 bits per heavy atom. The lowest BCUT2D eigenvalue weighted by Gasteiger charge is -2.41. The number of morpholine rings is 1. The highest BCUT2D eigenvalue weighted by Crippen LogP contribution is 2.24. The van der Waals surface area contributed by atoms with Crippen LogP contribution in [0, 0.1) is 0 Å². The second-order valence-electron chi connectivity index (χ2n) is 5.38. The van der Waals surface area contributed by atoms with Gasteiger partial charge in [0, 0.05) is 19.6 Å². The van der Waals surface area contributed by atoms with Gasteiger partial charge in [0.2, 0.25) is 5.13 Å². The Balaban J connectivity index is 1.96. The van der Waals surface area contributed by atoms with Gasteiger partial charge in [-0.3, -0.25) is 4.90 Å². The number of hydrogen-bond donors (Lipinski definition) is 2. The molecule has 1 atom stereocenters. The largest absolute Gasteiger partial charge is 0.394 e. The van der Waals surface area contributed by atoms with Crippen LogP contribution in [0.1, 0.15) is 25.8 Å². The number of nitrogens with zero attached hydrogens (tertiary/aromatic N) is 3. The Bertz CT molecular complexity index is 410. The van der Waals surface area contributed by atoms with Gasteiger partial charge in [-0.1, -0.05) is 11.3 Å². The van der Waals surface area contributed by atoms with Crippen molar-refractivity contribution in [1.29, 1.82) is 0 Å². The quantitative estimate of drug-likeness (QED) is 0.839. The molecule has 1 aliphatic heterocycles. The fourth-order valence-electron chi connectivity index (χ4n) is 2.36. The summed E-state index contributed by atoms with van der Waals surface area (Å²) in [5.74, 6) is 0. The van der Waals surface area contributed by atoms with E-state index in [2.05, 4.69) is 20.4 Å². The van der Waals surface area contributed by atoms with Gasteiger partial charge < -0.3 is 15.2 Å². The van der Waals surface area contributed by atoms with Gasteiger partial charge in [0.1, 0.15) is 5.01 Å². The smallest absolute Gasteiger partial charge is 0.205 e. The molecule has 1 fully saturated rings. The molecule has 1 aliphatic rings. The lowest BCUT2D eigenvalue weighted by atomic mass is 10.1. The van der Waals surface area contributed by atoms with Gasteiger partial charge in [-0.2, -0.15) is 0 Å². The van der Waals surface area contributed by atoms with Gasteiger partial charge in [0.05, 0.1) is 24.9 Å². The van der Waals surface area contributed by atoms with Crippen LogP contribution in [0.5, 0.6) is 0 Å². The van der Waals surface area contributed by atoms with Crippen LogP contribution in [0.15, 0.2) is 0 Å². The zero-order valence-corrected chi connectivity index (χ0v) is 12.5. The number of hydrogen-bond acceptors (Lipinski definition) is 7. The van der Waals surface area contributed by atoms with E-state index < -0.39 is 0 Å². The molecule has 7 heteroatoms. The number of anilines is 1. The first kappa shape index (κ1) is 14.6. The van der Waals surface area contributed by atoms with Crippen LogP contribution >= 0.6 is 11.3 Å². The minimum Gasteiger partial charge on any atom is -0.394 e. The molecule has 2 N–H and O–H groups in total. The molecule has 2 heterocycles. The van der Waals surface area contributed by atoms with Crippen LogP contribution < -0.4 is 5.32 Å². The zero-order valence-electron chi connectivity index (χ0n) is 11.7. The van der Waals surface area contributed by atoms with E-state index in [0.717, 1.165) is 36.3 Å². The Morgan fingerprint density at radius 1 is 1.53 bits per heavy atom. The van der Waals surface area contributed by atoms with Crippen molar-refractivity contribution in [2.75, 3.05) is 31.6 Å². The number of aromatic nitrogens is 2. The van der Waals surface area contributed by atoms with Crippen molar-refractivity contribution < 1.29 is 9.84 Å². The first-order chi connectivity index (χ1) is 9.02. The SMILES string of the molecule is CCNc1nnc(CN2CC(CO)OC(C)(C)C2)s1. The van der Waals surface area contributed by atoms with E-state index in [0.29, 0.717) is 0 Å². The van der Waals surface area contributed by atoms with E-state index in [9.17, 15) is 5.11 Å². The molecule has 0 aliphatic carbocycles. The first-order valence-corrected chi connectivity index (χ1v) is 7.41. The highest BCUT2D eigenvalue weighted by Gasteiger charge is 2.33. The number of ether oxygens (including phenoxy) is 1. The van der Waals surface area contributed by atoms with E-state index in [4.69, 9.17) is 4.74 Å². The van der Waals surface area contributed by atoms with Crippen molar-refractivity contribution in [2.24, 2.45) is 0 Å². The molecular formula is C12H22N4O2S. The normalized spacial score (nSPS) is 23.5. The van der Waals surface area contributed by atoms with Gasteiger partial charge in [0.25, 0.3) is 0 Å². The van der Waals surface area contributed by atoms with Crippen molar-refractivity contribution in [3.63, 3.8) is 0 Å². The Kier molecular flexibility index (Phi) is 4.72. The van der Waals surface area contributed by atoms with Crippen LogP contribution in [0.4, 0.5) is 5.13 Å². The van der Waals surface area contributed by atoms with Crippen LogP contribution in [0.25, 0.3) is 0 Å². The highest BCUT2D eigenvalue weighted by molar-refractivity contribution is 7.15. The van der Waals surface area contributed by atoms with Gasteiger partial charge in [0.15, 0.2) is 0 Å². The number of aliphatic hydroxyl groups is 1. The maximum atomic E-state index is 9.29. The van der Waals surface area contributed by atoms with E-state index in [-0.39, 0.29) is 18.3 Å². The molecule has 19 heavy (non-hydrogen) atoms. The Morgan fingerprint density at radius 3 is 3.00 bits per heavy atom. The summed E-state index contributed by atoms with van der Waals surface area (Å²) < 4.78 is 5.80. The number of nitrogens with one attached hydrogen (secondary N) is 1. The monoisotopic (exact) mass is 286 g/mol. The number of aliphatic hydroxyl groups excluding tert-OH is 1. The van der Waals surface area contributed by atoms with E-state index >= 15 is 0 Å². The predicted octanol–water partition coefficient (Wildman–Crippen LogP) is 0.942. The second-order valence-corrected chi connectivity index (χ2v) is 6.45. The average molecular weight is 286 g/mol. The van der Waals surface area contributed by atoms with Crippen molar-refractivity contribution in [2.45, 2.75) is 39.0 Å². The molecule has 0 radical (unpaired) electrons. The fourth-order valence-corrected chi connectivity index (χ4v) is 3.21. The van der Waals surface area contributed by atoms with Crippen molar-refractivity contribution in [3.8, 4) is 0 Å². The molecule has 1 aromatic rings. The molecule has 1 unspecified atom stereocenters. The van der Waals surface area contributed by atoms with Crippen LogP contribution in [-0.4, -0.2) is 58.1 Å². The standard InChI is InChI=1S/C12H22N4O2S/c1-4-13-11-15-14-10(19-11)6-16-5-9(7-17)18-12(2,3)8-16/h9,17H,4-8H2,1-3H3,(H,13,15). The molecule has 1 saturated heterocycles. The van der Waals surface area contributed by atoms with E-state index in [1.807, 2.05) is 20.8 Å². The Labute approximate surface area is 117 Å². The molecule has 2 rings (SSSR count). The molecule has 108 valence electrons. The second kappa shape index (κ2) is 6.13. The minimum absolute atomic E-state index is 0.0543. The molecule has 0 amide bonds. The van der Waals surface area contributed by atoms with Crippen LogP contribution in [0.3, 0.4) is 0 Å². The molecule has 0 bridgehead atoms. The van der Waals surface area contributed by atoms with Gasteiger partial charge in [-0.15, -0.1) is 10.2 Å². The maximum Gasteiger partial charge on any atom is 0.205 e. The topological polar surface area (TPSA) is 70.5 Å². The van der Waals surface area contributed by atoms with E-state index in [1.165, 1.54) is 0 Å². The fraction of sp³-hybridized carbons (Fsp3) is 0.833. The lowest BCUT2D eigenvalue weighted by Crippen LogP contribution is -2.53. The molecular weight excluding hydrogens is 264 g/mol. The molecule has 6 nitrogen and oxygen atoms in total.